The Bertz CT molecular complexity index is 1220. The van der Waals surface area contributed by atoms with Gasteiger partial charge >= 0.3 is 0 Å². The first-order valence-corrected chi connectivity index (χ1v) is 10.5. The number of anilines is 3. The number of hydrogen-bond acceptors (Lipinski definition) is 6. The largest absolute Gasteiger partial charge is 0.380 e. The number of nitrogens with zero attached hydrogens (tertiary/aromatic N) is 4. The van der Waals surface area contributed by atoms with E-state index in [9.17, 15) is 8.78 Å². The summed E-state index contributed by atoms with van der Waals surface area (Å²) in [6.45, 7) is 1.91. The maximum Gasteiger partial charge on any atom is 0.227 e. The van der Waals surface area contributed by atoms with Gasteiger partial charge in [0.1, 0.15) is 18.0 Å². The molecule has 0 spiro atoms. The second-order valence-electron chi connectivity index (χ2n) is 7.76. The van der Waals surface area contributed by atoms with Gasteiger partial charge < -0.3 is 10.6 Å². The fourth-order valence-corrected chi connectivity index (χ4v) is 3.84. The number of benzene rings is 2. The molecule has 1 fully saturated rings. The molecule has 0 aliphatic carbocycles. The van der Waals surface area contributed by atoms with E-state index in [1.54, 1.807) is 36.7 Å². The molecular weight excluding hydrogens is 410 g/mol. The molecule has 1 saturated heterocycles. The molecule has 2 N–H and O–H groups in total. The van der Waals surface area contributed by atoms with Crippen LogP contribution in [0.1, 0.15) is 0 Å². The fraction of sp³-hybridized carbons (Fsp3) is 0.208. The number of hydrogen-bond donors (Lipinski definition) is 2. The van der Waals surface area contributed by atoms with E-state index in [1.165, 1.54) is 6.07 Å². The molecule has 0 bridgehead atoms. The summed E-state index contributed by atoms with van der Waals surface area (Å²) in [5.41, 5.74) is 3.30. The van der Waals surface area contributed by atoms with Crippen molar-refractivity contribution in [1.29, 1.82) is 0 Å². The van der Waals surface area contributed by atoms with E-state index in [2.05, 4.69) is 30.5 Å². The van der Waals surface area contributed by atoms with Crippen LogP contribution in [0.2, 0.25) is 0 Å². The van der Waals surface area contributed by atoms with Gasteiger partial charge in [-0.2, -0.15) is 0 Å². The van der Waals surface area contributed by atoms with Gasteiger partial charge in [0, 0.05) is 54.4 Å². The van der Waals surface area contributed by atoms with Gasteiger partial charge in [0.05, 0.1) is 11.7 Å². The Balaban J connectivity index is 1.32. The van der Waals surface area contributed by atoms with Gasteiger partial charge in [0.2, 0.25) is 5.95 Å². The molecule has 0 radical (unpaired) electrons. The van der Waals surface area contributed by atoms with Crippen molar-refractivity contribution < 1.29 is 8.78 Å². The first-order chi connectivity index (χ1) is 15.7. The molecule has 2 aromatic heterocycles. The van der Waals surface area contributed by atoms with Gasteiger partial charge in [-0.05, 0) is 42.5 Å². The molecule has 8 heteroatoms. The number of halogens is 2. The lowest BCUT2D eigenvalue weighted by Crippen LogP contribution is -2.55. The third-order valence-electron chi connectivity index (χ3n) is 5.50. The molecule has 1 aliphatic heterocycles. The summed E-state index contributed by atoms with van der Waals surface area (Å²) in [6, 6.07) is 16.5. The minimum absolute atomic E-state index is 0.304. The standard InChI is InChI=1S/C24H22F2N6/c25-10-12-32-14-19(15-32)29-17-5-7-18(8-6-17)30-24-28-13-16-9-11-27-23(22(16)31-24)20-3-1-2-4-21(20)26/h1-9,11,13,19,29H,10,12,14-15H2,(H,28,30,31). The van der Waals surface area contributed by atoms with E-state index in [0.717, 1.165) is 29.9 Å². The Morgan fingerprint density at radius 2 is 1.75 bits per heavy atom. The molecule has 2 aromatic carbocycles. The van der Waals surface area contributed by atoms with Gasteiger partial charge in [-0.3, -0.25) is 9.88 Å². The van der Waals surface area contributed by atoms with Crippen molar-refractivity contribution in [3.05, 3.63) is 72.8 Å². The normalized spacial score (nSPS) is 14.3. The average Bonchev–Trinajstić information content (AvgIpc) is 2.79. The Kier molecular flexibility index (Phi) is 5.60. The first-order valence-electron chi connectivity index (χ1n) is 10.5. The molecule has 3 heterocycles. The topological polar surface area (TPSA) is 66.0 Å². The second kappa shape index (κ2) is 8.84. The average molecular weight is 432 g/mol. The van der Waals surface area contributed by atoms with Crippen LogP contribution in [0.25, 0.3) is 22.2 Å². The van der Waals surface area contributed by atoms with Gasteiger partial charge in [-0.25, -0.2) is 18.7 Å². The molecule has 0 unspecified atom stereocenters. The van der Waals surface area contributed by atoms with Gasteiger partial charge in [-0.1, -0.05) is 12.1 Å². The highest BCUT2D eigenvalue weighted by atomic mass is 19.1. The highest BCUT2D eigenvalue weighted by Gasteiger charge is 2.25. The lowest BCUT2D eigenvalue weighted by molar-refractivity contribution is 0.150. The van der Waals surface area contributed by atoms with Crippen LogP contribution in [0.5, 0.6) is 0 Å². The SMILES string of the molecule is FCCN1CC(Nc2ccc(Nc3ncc4ccnc(-c5ccccc5F)c4n3)cc2)C1. The maximum absolute atomic E-state index is 14.3. The summed E-state index contributed by atoms with van der Waals surface area (Å²) in [5, 5.41) is 7.43. The third kappa shape index (κ3) is 4.22. The van der Waals surface area contributed by atoms with E-state index in [4.69, 9.17) is 0 Å². The minimum Gasteiger partial charge on any atom is -0.380 e. The number of likely N-dealkylation sites (tertiary alicyclic amines) is 1. The third-order valence-corrected chi connectivity index (χ3v) is 5.50. The first kappa shape index (κ1) is 20.3. The van der Waals surface area contributed by atoms with Crippen molar-refractivity contribution in [3.8, 4) is 11.3 Å². The molecule has 1 aliphatic rings. The number of rotatable bonds is 7. The second-order valence-corrected chi connectivity index (χ2v) is 7.76. The van der Waals surface area contributed by atoms with Crippen LogP contribution in [0.15, 0.2) is 67.0 Å². The number of pyridine rings is 1. The van der Waals surface area contributed by atoms with Crippen LogP contribution in [0, 0.1) is 5.82 Å². The van der Waals surface area contributed by atoms with Crippen LogP contribution in [0.4, 0.5) is 26.1 Å². The lowest BCUT2D eigenvalue weighted by Gasteiger charge is -2.39. The molecule has 0 saturated carbocycles. The summed E-state index contributed by atoms with van der Waals surface area (Å²) in [7, 11) is 0. The number of nitrogens with one attached hydrogen (secondary N) is 2. The molecule has 5 rings (SSSR count). The summed E-state index contributed by atoms with van der Waals surface area (Å²) in [5.74, 6) is 0.0626. The van der Waals surface area contributed by atoms with E-state index in [0.29, 0.717) is 35.3 Å². The van der Waals surface area contributed by atoms with Crippen molar-refractivity contribution in [3.63, 3.8) is 0 Å². The van der Waals surface area contributed by atoms with Crippen LogP contribution in [-0.2, 0) is 0 Å². The molecule has 32 heavy (non-hydrogen) atoms. The monoisotopic (exact) mass is 432 g/mol. The number of fused-ring (bicyclic) bond motifs is 1. The fourth-order valence-electron chi connectivity index (χ4n) is 3.84. The van der Waals surface area contributed by atoms with Crippen molar-refractivity contribution in [2.24, 2.45) is 0 Å². The molecule has 162 valence electrons. The highest BCUT2D eigenvalue weighted by molar-refractivity contribution is 5.91. The zero-order valence-electron chi connectivity index (χ0n) is 17.3. The smallest absolute Gasteiger partial charge is 0.227 e. The molecule has 6 nitrogen and oxygen atoms in total. The van der Waals surface area contributed by atoms with Crippen molar-refractivity contribution in [1.82, 2.24) is 19.9 Å². The zero-order chi connectivity index (χ0) is 21.9. The summed E-state index contributed by atoms with van der Waals surface area (Å²) in [4.78, 5) is 15.4. The number of alkyl halides is 1. The quantitative estimate of drug-likeness (QED) is 0.444. The maximum atomic E-state index is 14.3. The van der Waals surface area contributed by atoms with Gasteiger partial charge in [0.15, 0.2) is 0 Å². The predicted octanol–water partition coefficient (Wildman–Crippen LogP) is 4.64. The van der Waals surface area contributed by atoms with Crippen LogP contribution >= 0.6 is 0 Å². The summed E-state index contributed by atoms with van der Waals surface area (Å²) < 4.78 is 26.7. The summed E-state index contributed by atoms with van der Waals surface area (Å²) in [6.07, 6.45) is 3.33. The van der Waals surface area contributed by atoms with Crippen LogP contribution in [-0.4, -0.2) is 52.2 Å². The lowest BCUT2D eigenvalue weighted by atomic mass is 10.1. The van der Waals surface area contributed by atoms with Gasteiger partial charge in [-0.15, -0.1) is 0 Å². The van der Waals surface area contributed by atoms with E-state index in [-0.39, 0.29) is 12.5 Å². The van der Waals surface area contributed by atoms with Crippen molar-refractivity contribution in [2.75, 3.05) is 36.9 Å². The minimum atomic E-state index is -0.344. The van der Waals surface area contributed by atoms with E-state index >= 15 is 0 Å². The Hall–Kier alpha value is -3.65. The Labute approximate surface area is 184 Å². The van der Waals surface area contributed by atoms with Crippen molar-refractivity contribution in [2.45, 2.75) is 6.04 Å². The van der Waals surface area contributed by atoms with Gasteiger partial charge in [0.25, 0.3) is 0 Å². The zero-order valence-corrected chi connectivity index (χ0v) is 17.3. The summed E-state index contributed by atoms with van der Waals surface area (Å²) >= 11 is 0. The Morgan fingerprint density at radius 1 is 0.969 bits per heavy atom. The Morgan fingerprint density at radius 3 is 2.53 bits per heavy atom. The molecule has 4 aromatic rings. The highest BCUT2D eigenvalue weighted by Crippen LogP contribution is 2.28. The molecule has 0 atom stereocenters. The van der Waals surface area contributed by atoms with Crippen molar-refractivity contribution >= 4 is 28.2 Å². The number of aromatic nitrogens is 3. The van der Waals surface area contributed by atoms with E-state index in [1.807, 2.05) is 24.3 Å². The van der Waals surface area contributed by atoms with Crippen LogP contribution in [0.3, 0.4) is 0 Å². The predicted molar refractivity (Wildman–Crippen MR) is 122 cm³/mol. The molecular formula is C24H22F2N6. The van der Waals surface area contributed by atoms with Crippen LogP contribution < -0.4 is 10.6 Å². The molecule has 0 amide bonds. The van der Waals surface area contributed by atoms with E-state index < -0.39 is 0 Å².